The van der Waals surface area contributed by atoms with Gasteiger partial charge < -0.3 is 29.2 Å². The molecule has 4 rings (SSSR count). The summed E-state index contributed by atoms with van der Waals surface area (Å²) in [5.74, 6) is 0.808. The van der Waals surface area contributed by atoms with Crippen molar-refractivity contribution in [1.29, 1.82) is 0 Å². The highest BCUT2D eigenvalue weighted by atomic mass is 16.5. The Morgan fingerprint density at radius 1 is 0.613 bits per heavy atom. The number of likely N-dealkylation sites (tertiary alicyclic amines) is 1. The summed E-state index contributed by atoms with van der Waals surface area (Å²) in [6.07, 6.45) is 26.9. The Morgan fingerprint density at radius 2 is 1.08 bits per heavy atom. The molecule has 1 saturated heterocycles. The molecule has 7 nitrogen and oxygen atoms in total. The zero-order chi connectivity index (χ0) is 45.4. The Morgan fingerprint density at radius 3 is 1.53 bits per heavy atom. The van der Waals surface area contributed by atoms with Crippen LogP contribution in [0.3, 0.4) is 0 Å². The molecule has 62 heavy (non-hydrogen) atoms. The lowest BCUT2D eigenvalue weighted by Crippen LogP contribution is -2.43. The fourth-order valence-corrected chi connectivity index (χ4v) is 8.45. The number of ether oxygens (including phenoxy) is 3. The van der Waals surface area contributed by atoms with Crippen molar-refractivity contribution in [2.75, 3.05) is 54.1 Å². The Kier molecular flexibility index (Phi) is 28.3. The van der Waals surface area contributed by atoms with Crippen molar-refractivity contribution < 1.29 is 23.8 Å². The van der Waals surface area contributed by atoms with E-state index in [0.29, 0.717) is 13.2 Å². The van der Waals surface area contributed by atoms with E-state index in [2.05, 4.69) is 105 Å². The maximum atomic E-state index is 11.6. The monoisotopic (exact) mass is 857 g/mol. The first kappa shape index (κ1) is 54.6. The lowest BCUT2D eigenvalue weighted by Gasteiger charge is -2.42. The summed E-state index contributed by atoms with van der Waals surface area (Å²) < 4.78 is 16.9. The number of unbranched alkanes of at least 4 members (excludes halogenated alkanes) is 16. The number of rotatable bonds is 30. The fourth-order valence-electron chi connectivity index (χ4n) is 8.45. The highest BCUT2D eigenvalue weighted by Gasteiger charge is 2.51. The molecule has 0 aromatic heterocycles. The van der Waals surface area contributed by atoms with Gasteiger partial charge in [0.1, 0.15) is 17.6 Å². The normalized spacial score (nSPS) is 16.4. The molecule has 348 valence electrons. The van der Waals surface area contributed by atoms with E-state index < -0.39 is 5.60 Å². The van der Waals surface area contributed by atoms with Crippen LogP contribution < -0.4 is 10.1 Å². The van der Waals surface area contributed by atoms with Crippen LogP contribution in [0.5, 0.6) is 5.75 Å². The number of nitrogens with one attached hydrogen (secondary N) is 1. The van der Waals surface area contributed by atoms with Crippen molar-refractivity contribution in [2.45, 2.75) is 162 Å². The SMILES string of the molecule is CCCCCCCCCCNCCCCCCCCCCCC=O.CCc1ccc(C(OCC2(C)CN(C=O)CC2(C)C)(c2ccccc2)c2ccc(OC)cc2)cc1.COC. The second-order valence-electron chi connectivity index (χ2n) is 18.3. The molecule has 0 bridgehead atoms. The van der Waals surface area contributed by atoms with Gasteiger partial charge in [-0.25, -0.2) is 0 Å². The van der Waals surface area contributed by atoms with Gasteiger partial charge in [0, 0.05) is 39.1 Å². The lowest BCUT2D eigenvalue weighted by molar-refractivity contribution is -0.118. The molecule has 1 amide bonds. The van der Waals surface area contributed by atoms with Gasteiger partial charge in [-0.1, -0.05) is 191 Å². The summed E-state index contributed by atoms with van der Waals surface area (Å²) in [4.78, 5) is 23.7. The third kappa shape index (κ3) is 19.1. The van der Waals surface area contributed by atoms with Crippen molar-refractivity contribution in [3.05, 3.63) is 101 Å². The molecular formula is C55H88N2O5. The zero-order valence-electron chi connectivity index (χ0n) is 40.6. The van der Waals surface area contributed by atoms with Gasteiger partial charge in [-0.15, -0.1) is 0 Å². The molecule has 3 aromatic rings. The largest absolute Gasteiger partial charge is 0.497 e. The number of amides is 1. The molecular weight excluding hydrogens is 769 g/mol. The summed E-state index contributed by atoms with van der Waals surface area (Å²) in [6.45, 7) is 15.5. The quantitative estimate of drug-likeness (QED) is 0.0409. The molecule has 2 unspecified atom stereocenters. The molecule has 0 radical (unpaired) electrons. The molecule has 1 N–H and O–H groups in total. The number of benzene rings is 3. The molecule has 7 heteroatoms. The van der Waals surface area contributed by atoms with Gasteiger partial charge >= 0.3 is 0 Å². The minimum atomic E-state index is -0.812. The third-order valence-electron chi connectivity index (χ3n) is 12.9. The minimum Gasteiger partial charge on any atom is -0.497 e. The summed E-state index contributed by atoms with van der Waals surface area (Å²) in [5, 5.41) is 3.60. The van der Waals surface area contributed by atoms with Crippen LogP contribution in [0.4, 0.5) is 0 Å². The number of nitrogens with zero attached hydrogens (tertiary/aromatic N) is 1. The number of methoxy groups -OCH3 is 2. The molecule has 1 fully saturated rings. The van der Waals surface area contributed by atoms with Crippen LogP contribution in [-0.2, 0) is 31.1 Å². The second kappa shape index (κ2) is 32.2. The van der Waals surface area contributed by atoms with E-state index in [4.69, 9.17) is 9.47 Å². The third-order valence-corrected chi connectivity index (χ3v) is 12.9. The van der Waals surface area contributed by atoms with Gasteiger partial charge in [0.05, 0.1) is 13.7 Å². The van der Waals surface area contributed by atoms with Gasteiger partial charge in [-0.05, 0) is 78.6 Å². The summed E-state index contributed by atoms with van der Waals surface area (Å²) in [5.41, 5.74) is 3.38. The summed E-state index contributed by atoms with van der Waals surface area (Å²) in [6, 6.07) is 27.4. The van der Waals surface area contributed by atoms with Crippen LogP contribution in [0.25, 0.3) is 0 Å². The van der Waals surface area contributed by atoms with Crippen molar-refractivity contribution in [3.8, 4) is 5.75 Å². The van der Waals surface area contributed by atoms with E-state index in [-0.39, 0.29) is 10.8 Å². The maximum Gasteiger partial charge on any atom is 0.209 e. The van der Waals surface area contributed by atoms with Crippen LogP contribution in [0.1, 0.15) is 172 Å². The number of hydrogen-bond acceptors (Lipinski definition) is 6. The topological polar surface area (TPSA) is 77.1 Å². The fraction of sp³-hybridized carbons (Fsp3) is 0.636. The van der Waals surface area contributed by atoms with Gasteiger partial charge in [-0.3, -0.25) is 4.79 Å². The summed E-state index contributed by atoms with van der Waals surface area (Å²) >= 11 is 0. The lowest BCUT2D eigenvalue weighted by atomic mass is 9.69. The Hall–Kier alpha value is -3.52. The van der Waals surface area contributed by atoms with Crippen LogP contribution in [0, 0.1) is 10.8 Å². The van der Waals surface area contributed by atoms with Crippen molar-refractivity contribution in [1.82, 2.24) is 10.2 Å². The first-order valence-electron chi connectivity index (χ1n) is 24.3. The van der Waals surface area contributed by atoms with Crippen molar-refractivity contribution in [3.63, 3.8) is 0 Å². The van der Waals surface area contributed by atoms with Gasteiger partial charge in [0.25, 0.3) is 0 Å². The maximum absolute atomic E-state index is 11.6. The number of aryl methyl sites for hydroxylation is 1. The van der Waals surface area contributed by atoms with E-state index in [1.54, 1.807) is 21.3 Å². The smallest absolute Gasteiger partial charge is 0.209 e. The average molecular weight is 857 g/mol. The van der Waals surface area contributed by atoms with E-state index in [1.807, 2.05) is 23.1 Å². The number of aldehydes is 1. The molecule has 0 aliphatic carbocycles. The van der Waals surface area contributed by atoms with Crippen LogP contribution >= 0.6 is 0 Å². The van der Waals surface area contributed by atoms with Gasteiger partial charge in [-0.2, -0.15) is 0 Å². The summed E-state index contributed by atoms with van der Waals surface area (Å²) in [7, 11) is 4.93. The minimum absolute atomic E-state index is 0.0810. The van der Waals surface area contributed by atoms with Crippen molar-refractivity contribution in [2.24, 2.45) is 10.8 Å². The van der Waals surface area contributed by atoms with E-state index in [0.717, 1.165) is 60.9 Å². The second-order valence-corrected chi connectivity index (χ2v) is 18.3. The molecule has 0 spiro atoms. The Labute approximate surface area is 379 Å². The van der Waals surface area contributed by atoms with Gasteiger partial charge in [0.2, 0.25) is 6.41 Å². The van der Waals surface area contributed by atoms with E-state index in [1.165, 1.54) is 121 Å². The average Bonchev–Trinajstić information content (AvgIpc) is 3.54. The molecule has 0 saturated carbocycles. The van der Waals surface area contributed by atoms with E-state index in [9.17, 15) is 9.59 Å². The number of carbonyl (C=O) groups excluding carboxylic acids is 2. The highest BCUT2D eigenvalue weighted by molar-refractivity contribution is 5.50. The first-order valence-corrected chi connectivity index (χ1v) is 24.3. The van der Waals surface area contributed by atoms with Crippen LogP contribution in [-0.4, -0.2) is 71.7 Å². The van der Waals surface area contributed by atoms with Gasteiger partial charge in [0.15, 0.2) is 0 Å². The predicted molar refractivity (Wildman–Crippen MR) is 261 cm³/mol. The Balaban J connectivity index is 0.000000430. The first-order chi connectivity index (χ1) is 30.1. The molecule has 1 aliphatic heterocycles. The molecule has 3 aromatic carbocycles. The number of hydrogen-bond donors (Lipinski definition) is 1. The predicted octanol–water partition coefficient (Wildman–Crippen LogP) is 13.1. The molecule has 1 heterocycles. The zero-order valence-corrected chi connectivity index (χ0v) is 40.6. The standard InChI is InChI=1S/C31H37NO3.C22H45NO.C2H6O/c1-6-24-12-14-26(15-13-24)31(25-10-8-7-9-11-25,27-16-18-28(34-5)19-17-27)35-22-30(4)21-32(23-33)20-29(30,2)3;1-2-3-4-5-6-11-14-17-20-23-21-18-15-12-9-7-8-10-13-16-19-22-24;1-3-2/h7-19,23H,6,20-22H2,1-5H3;22-23H,2-21H2,1H3;1-2H3. The highest BCUT2D eigenvalue weighted by Crippen LogP contribution is 2.49. The van der Waals surface area contributed by atoms with Crippen molar-refractivity contribution >= 4 is 12.7 Å². The number of carbonyl (C=O) groups is 2. The molecule has 1 aliphatic rings. The van der Waals surface area contributed by atoms with Crippen LogP contribution in [0.15, 0.2) is 78.9 Å². The Bertz CT molecular complexity index is 1500. The molecule has 2 atom stereocenters. The van der Waals surface area contributed by atoms with E-state index >= 15 is 0 Å². The van der Waals surface area contributed by atoms with Crippen LogP contribution in [0.2, 0.25) is 0 Å².